The van der Waals surface area contributed by atoms with Crippen molar-refractivity contribution in [2.75, 3.05) is 0 Å². The van der Waals surface area contributed by atoms with Gasteiger partial charge in [0.15, 0.2) is 6.33 Å². The lowest BCUT2D eigenvalue weighted by Crippen LogP contribution is -2.29. The Kier molecular flexibility index (Phi) is 8.58. The molecule has 12 nitrogen and oxygen atoms in total. The molecule has 0 aliphatic rings. The Hall–Kier alpha value is -4.36. The maximum atomic E-state index is 10.4. The Morgan fingerprint density at radius 3 is 1.94 bits per heavy atom. The molecule has 0 aliphatic carbocycles. The molecule has 4 rings (SSSR count). The van der Waals surface area contributed by atoms with Gasteiger partial charge >= 0.3 is 18.8 Å². The number of hydrogen-bond donors (Lipinski definition) is 3. The molecular weight excluding hydrogens is 407 g/mol. The van der Waals surface area contributed by atoms with Gasteiger partial charge in [0.2, 0.25) is 6.33 Å². The number of nitro groups is 2. The summed E-state index contributed by atoms with van der Waals surface area (Å²) in [6.07, 6.45) is 5.22. The normalized spacial score (nSPS) is 9.48. The van der Waals surface area contributed by atoms with E-state index in [2.05, 4.69) is 15.0 Å². The Balaban J connectivity index is 0.000000175. The molecule has 31 heavy (non-hydrogen) atoms. The Labute approximate surface area is 175 Å². The van der Waals surface area contributed by atoms with Gasteiger partial charge in [-0.2, -0.15) is 0 Å². The third kappa shape index (κ3) is 7.53. The molecule has 0 amide bonds. The van der Waals surface area contributed by atoms with E-state index in [1.165, 1.54) is 18.9 Å². The highest BCUT2D eigenvalue weighted by molar-refractivity contribution is 6.58. The minimum absolute atomic E-state index is 0.0787. The average Bonchev–Trinajstić information content (AvgIpc) is 3.49. The number of H-pyrrole nitrogens is 1. The van der Waals surface area contributed by atoms with Gasteiger partial charge in [0, 0.05) is 5.69 Å². The van der Waals surface area contributed by atoms with Gasteiger partial charge in [0.05, 0.1) is 0 Å². The highest BCUT2D eigenvalue weighted by Crippen LogP contribution is 2.11. The van der Waals surface area contributed by atoms with Crippen LogP contribution in [0.1, 0.15) is 0 Å². The average molecular weight is 424 g/mol. The standard InChI is InChI=1S/C9H7N3O2.C6H7BO2.C3H3N3O2/c13-12(14)9-6-11(7-10-9)8-4-2-1-3-5-8;8-7(9)6-4-2-1-3-5-6;7-6(8)3-1-4-2-5-3/h1-7H;1-5,8-9H;1-2H,(H,4,5). The van der Waals surface area contributed by atoms with E-state index in [1.54, 1.807) is 28.8 Å². The fourth-order valence-corrected chi connectivity index (χ4v) is 2.12. The second-order valence-corrected chi connectivity index (χ2v) is 5.71. The molecule has 0 saturated heterocycles. The first-order valence-electron chi connectivity index (χ1n) is 8.66. The number of rotatable bonds is 4. The van der Waals surface area contributed by atoms with E-state index in [0.717, 1.165) is 11.9 Å². The lowest BCUT2D eigenvalue weighted by Gasteiger charge is -1.96. The Morgan fingerprint density at radius 2 is 1.55 bits per heavy atom. The Morgan fingerprint density at radius 1 is 0.935 bits per heavy atom. The van der Waals surface area contributed by atoms with E-state index in [9.17, 15) is 20.2 Å². The molecule has 0 radical (unpaired) electrons. The third-order valence-electron chi connectivity index (χ3n) is 3.59. The van der Waals surface area contributed by atoms with Gasteiger partial charge in [-0.1, -0.05) is 48.5 Å². The van der Waals surface area contributed by atoms with Crippen LogP contribution in [-0.4, -0.2) is 46.5 Å². The largest absolute Gasteiger partial charge is 0.488 e. The second-order valence-electron chi connectivity index (χ2n) is 5.71. The number of aromatic amines is 1. The van der Waals surface area contributed by atoms with Crippen LogP contribution in [0.4, 0.5) is 11.6 Å². The first-order chi connectivity index (χ1) is 14.9. The van der Waals surface area contributed by atoms with Gasteiger partial charge in [0.1, 0.15) is 12.4 Å². The smallest absolute Gasteiger partial charge is 0.423 e. The molecule has 0 bridgehead atoms. The zero-order valence-corrected chi connectivity index (χ0v) is 15.9. The van der Waals surface area contributed by atoms with Crippen LogP contribution in [0.15, 0.2) is 85.7 Å². The number of imidazole rings is 2. The predicted octanol–water partition coefficient (Wildman–Crippen LogP) is 1.46. The van der Waals surface area contributed by atoms with Crippen molar-refractivity contribution >= 4 is 24.2 Å². The van der Waals surface area contributed by atoms with Crippen LogP contribution in [0.25, 0.3) is 5.69 Å². The minimum atomic E-state index is -1.34. The summed E-state index contributed by atoms with van der Waals surface area (Å²) in [5.41, 5.74) is 1.38. The van der Waals surface area contributed by atoms with E-state index in [0.29, 0.717) is 5.46 Å². The first kappa shape index (κ1) is 22.9. The van der Waals surface area contributed by atoms with Crippen molar-refractivity contribution in [1.29, 1.82) is 0 Å². The van der Waals surface area contributed by atoms with Crippen LogP contribution in [0.5, 0.6) is 0 Å². The number of hydrogen-bond acceptors (Lipinski definition) is 8. The molecule has 0 atom stereocenters. The van der Waals surface area contributed by atoms with E-state index < -0.39 is 17.0 Å². The number of nitrogens with one attached hydrogen (secondary N) is 1. The number of nitrogens with zero attached hydrogens (tertiary/aromatic N) is 5. The summed E-state index contributed by atoms with van der Waals surface area (Å²) in [4.78, 5) is 28.6. The van der Waals surface area contributed by atoms with E-state index in [1.807, 2.05) is 36.4 Å². The van der Waals surface area contributed by atoms with E-state index in [-0.39, 0.29) is 11.6 Å². The molecule has 158 valence electrons. The number of aromatic nitrogens is 4. The molecule has 0 fully saturated rings. The molecule has 3 N–H and O–H groups in total. The van der Waals surface area contributed by atoms with Gasteiger partial charge in [0.25, 0.3) is 0 Å². The van der Waals surface area contributed by atoms with Crippen molar-refractivity contribution in [3.8, 4) is 5.69 Å². The lowest BCUT2D eigenvalue weighted by atomic mass is 9.81. The Bertz CT molecular complexity index is 1070. The van der Waals surface area contributed by atoms with Crippen LogP contribution >= 0.6 is 0 Å². The molecule has 0 spiro atoms. The summed E-state index contributed by atoms with van der Waals surface area (Å²) in [6, 6.07) is 18.0. The zero-order chi connectivity index (χ0) is 22.6. The van der Waals surface area contributed by atoms with Crippen molar-refractivity contribution < 1.29 is 19.9 Å². The second kappa shape index (κ2) is 11.6. The molecule has 2 aromatic carbocycles. The van der Waals surface area contributed by atoms with Crippen LogP contribution in [0.2, 0.25) is 0 Å². The zero-order valence-electron chi connectivity index (χ0n) is 15.9. The highest BCUT2D eigenvalue weighted by atomic mass is 16.6. The van der Waals surface area contributed by atoms with Gasteiger partial charge in [-0.25, -0.2) is 9.97 Å². The number of benzene rings is 2. The molecule has 4 aromatic rings. The van der Waals surface area contributed by atoms with Gasteiger partial charge < -0.3 is 30.3 Å². The molecule has 0 unspecified atom stereocenters. The summed E-state index contributed by atoms with van der Waals surface area (Å²) in [6.45, 7) is 0. The molecule has 0 saturated carbocycles. The molecular formula is C18H17BN6O6. The third-order valence-corrected chi connectivity index (χ3v) is 3.59. The van der Waals surface area contributed by atoms with Crippen LogP contribution in [0, 0.1) is 20.2 Å². The summed E-state index contributed by atoms with van der Waals surface area (Å²) in [5.74, 6) is -0.223. The lowest BCUT2D eigenvalue weighted by molar-refractivity contribution is -0.389. The van der Waals surface area contributed by atoms with Crippen LogP contribution in [0.3, 0.4) is 0 Å². The van der Waals surface area contributed by atoms with Gasteiger partial charge in [-0.05, 0) is 32.4 Å². The summed E-state index contributed by atoms with van der Waals surface area (Å²) >= 11 is 0. The highest BCUT2D eigenvalue weighted by Gasteiger charge is 2.10. The maximum Gasteiger partial charge on any atom is 0.488 e. The van der Waals surface area contributed by atoms with Gasteiger partial charge in [-0.15, -0.1) is 0 Å². The van der Waals surface area contributed by atoms with Crippen molar-refractivity contribution in [3.63, 3.8) is 0 Å². The summed E-state index contributed by atoms with van der Waals surface area (Å²) < 4.78 is 1.61. The van der Waals surface area contributed by atoms with Crippen molar-refractivity contribution in [2.24, 2.45) is 0 Å². The molecule has 13 heteroatoms. The van der Waals surface area contributed by atoms with Crippen LogP contribution < -0.4 is 5.46 Å². The van der Waals surface area contributed by atoms with Gasteiger partial charge in [-0.3, -0.25) is 4.57 Å². The predicted molar refractivity (Wildman–Crippen MR) is 112 cm³/mol. The van der Waals surface area contributed by atoms with Crippen LogP contribution in [-0.2, 0) is 0 Å². The SMILES string of the molecule is O=[N+]([O-])c1cn(-c2ccccc2)cn1.O=[N+]([O-])c1cnc[nH]1.OB(O)c1ccccc1. The number of para-hydroxylation sites is 1. The maximum absolute atomic E-state index is 10.4. The fraction of sp³-hybridized carbons (Fsp3) is 0. The molecule has 0 aliphatic heterocycles. The topological polar surface area (TPSA) is 173 Å². The molecule has 2 heterocycles. The van der Waals surface area contributed by atoms with Crippen molar-refractivity contribution in [2.45, 2.75) is 0 Å². The monoisotopic (exact) mass is 424 g/mol. The van der Waals surface area contributed by atoms with E-state index >= 15 is 0 Å². The summed E-state index contributed by atoms with van der Waals surface area (Å²) in [7, 11) is -1.34. The van der Waals surface area contributed by atoms with E-state index in [4.69, 9.17) is 10.0 Å². The minimum Gasteiger partial charge on any atom is -0.423 e. The summed E-state index contributed by atoms with van der Waals surface area (Å²) in [5, 5.41) is 37.3. The molecule has 2 aromatic heterocycles. The fourth-order valence-electron chi connectivity index (χ4n) is 2.12. The first-order valence-corrected chi connectivity index (χ1v) is 8.66. The van der Waals surface area contributed by atoms with Crippen molar-refractivity contribution in [3.05, 3.63) is 106 Å². The van der Waals surface area contributed by atoms with Crippen molar-refractivity contribution in [1.82, 2.24) is 19.5 Å². The quantitative estimate of drug-likeness (QED) is 0.251.